The van der Waals surface area contributed by atoms with E-state index in [0.717, 1.165) is 0 Å². The van der Waals surface area contributed by atoms with Gasteiger partial charge in [0.05, 0.1) is 30.8 Å². The second kappa shape index (κ2) is 9.55. The van der Waals surface area contributed by atoms with Crippen molar-refractivity contribution >= 4 is 22.9 Å². The molecule has 0 aliphatic carbocycles. The van der Waals surface area contributed by atoms with Gasteiger partial charge in [0.2, 0.25) is 17.8 Å². The van der Waals surface area contributed by atoms with Gasteiger partial charge in [0, 0.05) is 32.1 Å². The number of hydrogen-bond donors (Lipinski definition) is 1. The van der Waals surface area contributed by atoms with Gasteiger partial charge in [-0.25, -0.2) is 13.8 Å². The number of likely N-dealkylation sites (tertiary alicyclic amines) is 1. The molecule has 10 nitrogen and oxygen atoms in total. The molecule has 0 radical (unpaired) electrons. The first-order chi connectivity index (χ1) is 16.5. The van der Waals surface area contributed by atoms with Crippen LogP contribution in [0.15, 0.2) is 24.3 Å². The third kappa shape index (κ3) is 4.30. The van der Waals surface area contributed by atoms with Crippen molar-refractivity contribution in [1.82, 2.24) is 29.4 Å². The first-order valence-corrected chi connectivity index (χ1v) is 11.4. The van der Waals surface area contributed by atoms with Crippen molar-refractivity contribution in [3.05, 3.63) is 35.9 Å². The fourth-order valence-corrected chi connectivity index (χ4v) is 4.47. The number of hydrogen-bond acceptors (Lipinski definition) is 8. The van der Waals surface area contributed by atoms with Crippen LogP contribution in [0, 0.1) is 0 Å². The van der Waals surface area contributed by atoms with Crippen LogP contribution in [0.2, 0.25) is 0 Å². The van der Waals surface area contributed by atoms with E-state index in [2.05, 4.69) is 15.0 Å². The number of piperidine rings is 1. The number of para-hydroxylation sites is 2. The molecule has 2 saturated heterocycles. The number of aromatic nitrogens is 5. The molecule has 4 heterocycles. The Morgan fingerprint density at radius 3 is 2.44 bits per heavy atom. The van der Waals surface area contributed by atoms with Crippen LogP contribution >= 0.6 is 0 Å². The number of ether oxygens (including phenoxy) is 1. The van der Waals surface area contributed by atoms with E-state index in [0.29, 0.717) is 75.0 Å². The lowest BCUT2D eigenvalue weighted by molar-refractivity contribution is -0.130. The SMILES string of the molecule is NCC(=O)N1CCC(c2nc(N3CCOCC3)nc(-n3c(C(F)F)nc4ccccc43)n2)CC1. The predicted octanol–water partition coefficient (Wildman–Crippen LogP) is 1.65. The molecular weight excluding hydrogens is 446 g/mol. The Balaban J connectivity index is 1.58. The van der Waals surface area contributed by atoms with Crippen LogP contribution < -0.4 is 10.6 Å². The van der Waals surface area contributed by atoms with E-state index in [1.54, 1.807) is 29.2 Å². The molecule has 2 aliphatic rings. The summed E-state index contributed by atoms with van der Waals surface area (Å²) in [5, 5.41) is 0. The Kier molecular flexibility index (Phi) is 6.33. The average molecular weight is 473 g/mol. The summed E-state index contributed by atoms with van der Waals surface area (Å²) in [5.41, 5.74) is 6.45. The maximum Gasteiger partial charge on any atom is 0.296 e. The largest absolute Gasteiger partial charge is 0.378 e. The first kappa shape index (κ1) is 22.5. The van der Waals surface area contributed by atoms with Crippen LogP contribution in [0.3, 0.4) is 0 Å². The second-order valence-electron chi connectivity index (χ2n) is 8.35. The highest BCUT2D eigenvalue weighted by Gasteiger charge is 2.29. The zero-order valence-electron chi connectivity index (χ0n) is 18.6. The Morgan fingerprint density at radius 1 is 1.03 bits per heavy atom. The lowest BCUT2D eigenvalue weighted by Gasteiger charge is -2.32. The molecule has 2 aromatic heterocycles. The Labute approximate surface area is 194 Å². The summed E-state index contributed by atoms with van der Waals surface area (Å²) < 4.78 is 34.7. The summed E-state index contributed by atoms with van der Waals surface area (Å²) in [6.07, 6.45) is -1.49. The maximum atomic E-state index is 14.0. The van der Waals surface area contributed by atoms with E-state index in [9.17, 15) is 13.6 Å². The van der Waals surface area contributed by atoms with E-state index in [1.165, 1.54) is 4.57 Å². The third-order valence-corrected chi connectivity index (χ3v) is 6.29. The van der Waals surface area contributed by atoms with Gasteiger partial charge in [0.1, 0.15) is 5.82 Å². The maximum absolute atomic E-state index is 14.0. The number of anilines is 1. The van der Waals surface area contributed by atoms with Crippen molar-refractivity contribution in [2.75, 3.05) is 50.8 Å². The Hall–Kier alpha value is -3.25. The first-order valence-electron chi connectivity index (χ1n) is 11.4. The number of morpholine rings is 1. The molecule has 0 spiro atoms. The van der Waals surface area contributed by atoms with Gasteiger partial charge in [-0.2, -0.15) is 15.0 Å². The normalized spacial score (nSPS) is 17.6. The minimum Gasteiger partial charge on any atom is -0.378 e. The Bertz CT molecular complexity index is 1170. The number of carbonyl (C=O) groups excluding carboxylic acids is 1. The molecule has 1 amide bonds. The van der Waals surface area contributed by atoms with Crippen LogP contribution in [0.1, 0.15) is 36.8 Å². The predicted molar refractivity (Wildman–Crippen MR) is 120 cm³/mol. The lowest BCUT2D eigenvalue weighted by Crippen LogP contribution is -2.41. The number of rotatable bonds is 5. The number of fused-ring (bicyclic) bond motifs is 1. The van der Waals surface area contributed by atoms with Crippen LogP contribution in [-0.2, 0) is 9.53 Å². The number of amides is 1. The minimum atomic E-state index is -2.80. The minimum absolute atomic E-state index is 0.0220. The fraction of sp³-hybridized carbons (Fsp3) is 0.500. The molecule has 12 heteroatoms. The summed E-state index contributed by atoms with van der Waals surface area (Å²) in [6, 6.07) is 6.93. The summed E-state index contributed by atoms with van der Waals surface area (Å²) >= 11 is 0. The third-order valence-electron chi connectivity index (χ3n) is 6.29. The highest BCUT2D eigenvalue weighted by atomic mass is 19.3. The summed E-state index contributed by atoms with van der Waals surface area (Å²) in [6.45, 7) is 3.33. The zero-order valence-corrected chi connectivity index (χ0v) is 18.6. The second-order valence-corrected chi connectivity index (χ2v) is 8.35. The summed E-state index contributed by atoms with van der Waals surface area (Å²) in [7, 11) is 0. The van der Waals surface area contributed by atoms with Gasteiger partial charge in [0.15, 0.2) is 5.82 Å². The smallest absolute Gasteiger partial charge is 0.296 e. The van der Waals surface area contributed by atoms with E-state index in [1.807, 2.05) is 4.90 Å². The summed E-state index contributed by atoms with van der Waals surface area (Å²) in [5.74, 6) is 0.556. The molecular formula is C22H26F2N8O2. The molecule has 0 atom stereocenters. The molecule has 3 aromatic rings. The topological polar surface area (TPSA) is 115 Å². The van der Waals surface area contributed by atoms with E-state index >= 15 is 0 Å². The zero-order chi connectivity index (χ0) is 23.7. The molecule has 0 saturated carbocycles. The highest BCUT2D eigenvalue weighted by molar-refractivity contribution is 5.78. The molecule has 2 aliphatic heterocycles. The van der Waals surface area contributed by atoms with Crippen molar-refractivity contribution in [2.45, 2.75) is 25.2 Å². The van der Waals surface area contributed by atoms with Gasteiger partial charge in [-0.3, -0.25) is 9.36 Å². The number of carbonyl (C=O) groups is 1. The van der Waals surface area contributed by atoms with Crippen LogP contribution in [0.4, 0.5) is 14.7 Å². The van der Waals surface area contributed by atoms with Crippen LogP contribution in [-0.4, -0.2) is 81.2 Å². The van der Waals surface area contributed by atoms with Crippen molar-refractivity contribution in [1.29, 1.82) is 0 Å². The lowest BCUT2D eigenvalue weighted by atomic mass is 9.96. The van der Waals surface area contributed by atoms with Gasteiger partial charge in [-0.1, -0.05) is 12.1 Å². The quantitative estimate of drug-likeness (QED) is 0.596. The number of benzene rings is 1. The highest BCUT2D eigenvalue weighted by Crippen LogP contribution is 2.30. The van der Waals surface area contributed by atoms with Crippen molar-refractivity contribution in [3.63, 3.8) is 0 Å². The molecule has 0 unspecified atom stereocenters. The molecule has 180 valence electrons. The Morgan fingerprint density at radius 2 is 1.74 bits per heavy atom. The van der Waals surface area contributed by atoms with Crippen molar-refractivity contribution in [3.8, 4) is 5.95 Å². The van der Waals surface area contributed by atoms with E-state index < -0.39 is 12.2 Å². The molecule has 0 bridgehead atoms. The van der Waals surface area contributed by atoms with Crippen molar-refractivity contribution < 1.29 is 18.3 Å². The van der Waals surface area contributed by atoms with Gasteiger partial charge in [0.25, 0.3) is 6.43 Å². The van der Waals surface area contributed by atoms with Crippen LogP contribution in [0.5, 0.6) is 0 Å². The molecule has 34 heavy (non-hydrogen) atoms. The molecule has 1 aromatic carbocycles. The number of nitrogens with zero attached hydrogens (tertiary/aromatic N) is 7. The summed E-state index contributed by atoms with van der Waals surface area (Å²) in [4.78, 5) is 33.8. The average Bonchev–Trinajstić information content (AvgIpc) is 3.29. The van der Waals surface area contributed by atoms with Gasteiger partial charge in [-0.05, 0) is 25.0 Å². The number of nitrogens with two attached hydrogens (primary N) is 1. The standard InChI is InChI=1S/C22H26F2N8O2/c23-18(24)20-26-15-3-1-2-4-16(15)32(20)22-28-19(14-5-7-30(8-6-14)17(33)13-25)27-21(29-22)31-9-11-34-12-10-31/h1-4,14,18H,5-13,25H2. The van der Waals surface area contributed by atoms with E-state index in [4.69, 9.17) is 15.5 Å². The number of halogens is 2. The van der Waals surface area contributed by atoms with E-state index in [-0.39, 0.29) is 24.3 Å². The van der Waals surface area contributed by atoms with Crippen LogP contribution in [0.25, 0.3) is 17.0 Å². The van der Waals surface area contributed by atoms with Crippen molar-refractivity contribution in [2.24, 2.45) is 5.73 Å². The molecule has 5 rings (SSSR count). The van der Waals surface area contributed by atoms with Gasteiger partial charge in [-0.15, -0.1) is 0 Å². The monoisotopic (exact) mass is 472 g/mol. The number of alkyl halides is 2. The van der Waals surface area contributed by atoms with Gasteiger partial charge >= 0.3 is 0 Å². The van der Waals surface area contributed by atoms with Gasteiger partial charge < -0.3 is 20.3 Å². The fourth-order valence-electron chi connectivity index (χ4n) is 4.47. The molecule has 2 fully saturated rings. The number of imidazole rings is 1. The molecule has 2 N–H and O–H groups in total.